The molecular weight excluding hydrogens is 452 g/mol. The third-order valence-electron chi connectivity index (χ3n) is 3.07. The van der Waals surface area contributed by atoms with Gasteiger partial charge in [-0.05, 0) is 48.5 Å². The Morgan fingerprint density at radius 1 is 1.03 bits per heavy atom. The summed E-state index contributed by atoms with van der Waals surface area (Å²) in [4.78, 5) is 11.8. The Morgan fingerprint density at radius 3 is 1.88 bits per heavy atom. The van der Waals surface area contributed by atoms with E-state index in [1.54, 1.807) is 24.3 Å². The van der Waals surface area contributed by atoms with E-state index in [1.165, 1.54) is 12.1 Å². The molecule has 0 radical (unpaired) electrons. The second-order valence-corrected chi connectivity index (χ2v) is 7.65. The fourth-order valence-electron chi connectivity index (χ4n) is 1.84. The van der Waals surface area contributed by atoms with E-state index in [4.69, 9.17) is 10.4 Å². The van der Waals surface area contributed by atoms with Crippen LogP contribution in [0.1, 0.15) is 32.8 Å². The number of nitrogens with one attached hydrogen (secondary N) is 1. The molecule has 0 fully saturated rings. The number of sulfone groups is 1. The highest BCUT2D eigenvalue weighted by Crippen LogP contribution is 2.14. The summed E-state index contributed by atoms with van der Waals surface area (Å²) in [6, 6.07) is 12.6. The summed E-state index contributed by atoms with van der Waals surface area (Å²) in [5.74, 6) is -1.36. The number of amides is 1. The van der Waals surface area contributed by atoms with Gasteiger partial charge in [-0.3, -0.25) is 4.79 Å². The van der Waals surface area contributed by atoms with Crippen molar-refractivity contribution >= 4 is 21.4 Å². The molecule has 2 aromatic rings. The lowest BCUT2D eigenvalue weighted by Gasteiger charge is -2.06. The molecule has 2 N–H and O–H groups in total. The Balaban J connectivity index is 0. The van der Waals surface area contributed by atoms with Crippen LogP contribution in [0, 0.1) is 17.1 Å². The van der Waals surface area contributed by atoms with Crippen molar-refractivity contribution in [2.24, 2.45) is 0 Å². The van der Waals surface area contributed by atoms with Crippen molar-refractivity contribution in [1.29, 1.82) is 5.26 Å². The van der Waals surface area contributed by atoms with Crippen LogP contribution in [0.2, 0.25) is 0 Å². The molecule has 2 aromatic carbocycles. The number of aliphatic hydroxyl groups excluding tert-OH is 1. The Labute approximate surface area is 185 Å². The molecule has 0 bridgehead atoms. The molecule has 0 atom stereocenters. The standard InChI is InChI=1S/C16H13FN2O3S.C2H3F3.C2H6.CH4O/c17-13-3-7-15(8-4-13)23(21,22)10-9-16(20)19-14-5-1-12(11-18)2-6-14;1-2(3,4)5;2*1-2/h1-8H,9-10H2,(H,19,20);1H3;1-2H3;2H,1H3. The number of benzene rings is 2. The van der Waals surface area contributed by atoms with Crippen LogP contribution in [0.5, 0.6) is 0 Å². The first-order chi connectivity index (χ1) is 14.9. The minimum Gasteiger partial charge on any atom is -0.400 e. The lowest BCUT2D eigenvalue weighted by molar-refractivity contribution is -0.116. The van der Waals surface area contributed by atoms with Crippen molar-refractivity contribution in [3.05, 3.63) is 59.9 Å². The zero-order chi connectivity index (χ0) is 25.4. The van der Waals surface area contributed by atoms with Crippen molar-refractivity contribution in [3.8, 4) is 6.07 Å². The number of alkyl halides is 3. The van der Waals surface area contributed by atoms with Gasteiger partial charge in [0.05, 0.1) is 22.3 Å². The van der Waals surface area contributed by atoms with Crippen LogP contribution in [-0.4, -0.2) is 38.5 Å². The first-order valence-electron chi connectivity index (χ1n) is 9.20. The zero-order valence-corrected chi connectivity index (χ0v) is 18.9. The number of hydrogen-bond donors (Lipinski definition) is 2. The predicted molar refractivity (Wildman–Crippen MR) is 114 cm³/mol. The summed E-state index contributed by atoms with van der Waals surface area (Å²) in [7, 11) is -2.65. The van der Waals surface area contributed by atoms with Crippen LogP contribution in [0.4, 0.5) is 23.2 Å². The number of nitriles is 1. The Bertz CT molecular complexity index is 932. The molecule has 0 heterocycles. The Kier molecular flexibility index (Phi) is 15.4. The molecule has 0 aliphatic rings. The fraction of sp³-hybridized carbons (Fsp3) is 0.333. The number of rotatable bonds is 5. The van der Waals surface area contributed by atoms with Gasteiger partial charge in [0.1, 0.15) is 5.82 Å². The van der Waals surface area contributed by atoms with E-state index < -0.39 is 27.7 Å². The second kappa shape index (κ2) is 15.8. The third kappa shape index (κ3) is 14.9. The molecule has 0 saturated heterocycles. The molecule has 0 aromatic heterocycles. The SMILES string of the molecule is CC.CC(F)(F)F.CO.N#Cc1ccc(NC(=O)CCS(=O)(=O)c2ccc(F)cc2)cc1. The van der Waals surface area contributed by atoms with Gasteiger partial charge in [-0.2, -0.15) is 18.4 Å². The predicted octanol–water partition coefficient (Wildman–Crippen LogP) is 4.70. The molecule has 6 nitrogen and oxygen atoms in total. The number of carbonyl (C=O) groups excluding carboxylic acids is 1. The van der Waals surface area contributed by atoms with Gasteiger partial charge >= 0.3 is 6.18 Å². The monoisotopic (exact) mass is 478 g/mol. The molecule has 1 amide bonds. The summed E-state index contributed by atoms with van der Waals surface area (Å²) in [6.07, 6.45) is -4.22. The molecule has 0 aliphatic carbocycles. The molecular formula is C21H26F4N2O4S. The molecule has 2 rings (SSSR count). The van der Waals surface area contributed by atoms with E-state index in [0.29, 0.717) is 11.3 Å². The summed E-state index contributed by atoms with van der Waals surface area (Å²) >= 11 is 0. The van der Waals surface area contributed by atoms with Gasteiger partial charge in [0.2, 0.25) is 5.91 Å². The van der Waals surface area contributed by atoms with E-state index >= 15 is 0 Å². The van der Waals surface area contributed by atoms with Gasteiger partial charge in [0.15, 0.2) is 9.84 Å². The normalized spacial score (nSPS) is 10.0. The van der Waals surface area contributed by atoms with Crippen LogP contribution >= 0.6 is 0 Å². The van der Waals surface area contributed by atoms with E-state index in [0.717, 1.165) is 19.2 Å². The van der Waals surface area contributed by atoms with Crippen LogP contribution < -0.4 is 5.32 Å². The molecule has 32 heavy (non-hydrogen) atoms. The highest BCUT2D eigenvalue weighted by atomic mass is 32.2. The van der Waals surface area contributed by atoms with Gasteiger partial charge in [-0.25, -0.2) is 12.8 Å². The van der Waals surface area contributed by atoms with Crippen molar-refractivity contribution in [1.82, 2.24) is 0 Å². The van der Waals surface area contributed by atoms with Crippen molar-refractivity contribution in [2.45, 2.75) is 38.3 Å². The highest BCUT2D eigenvalue weighted by molar-refractivity contribution is 7.91. The quantitative estimate of drug-likeness (QED) is 0.478. The third-order valence-corrected chi connectivity index (χ3v) is 4.80. The lowest BCUT2D eigenvalue weighted by Crippen LogP contribution is -2.17. The fourth-order valence-corrected chi connectivity index (χ4v) is 3.08. The topological polar surface area (TPSA) is 107 Å². The van der Waals surface area contributed by atoms with E-state index in [2.05, 4.69) is 5.32 Å². The average Bonchev–Trinajstić information content (AvgIpc) is 2.75. The Hall–Kier alpha value is -2.97. The minimum atomic E-state index is -4.00. The van der Waals surface area contributed by atoms with E-state index in [9.17, 15) is 30.8 Å². The first kappa shape index (κ1) is 31.2. The maximum Gasteiger partial charge on any atom is 0.386 e. The van der Waals surface area contributed by atoms with E-state index in [1.807, 2.05) is 19.9 Å². The lowest BCUT2D eigenvalue weighted by atomic mass is 10.2. The molecule has 0 aliphatic heterocycles. The van der Waals surface area contributed by atoms with Crippen molar-refractivity contribution < 1.29 is 35.9 Å². The number of hydrogen-bond acceptors (Lipinski definition) is 5. The maximum atomic E-state index is 12.8. The van der Waals surface area contributed by atoms with Gasteiger partial charge in [-0.15, -0.1) is 0 Å². The average molecular weight is 479 g/mol. The first-order valence-corrected chi connectivity index (χ1v) is 10.9. The molecule has 0 spiro atoms. The van der Waals surface area contributed by atoms with Crippen LogP contribution in [0.15, 0.2) is 53.4 Å². The smallest absolute Gasteiger partial charge is 0.386 e. The van der Waals surface area contributed by atoms with Gasteiger partial charge in [0, 0.05) is 26.1 Å². The van der Waals surface area contributed by atoms with Crippen LogP contribution in [-0.2, 0) is 14.6 Å². The van der Waals surface area contributed by atoms with Crippen molar-refractivity contribution in [3.63, 3.8) is 0 Å². The summed E-state index contributed by atoms with van der Waals surface area (Å²) in [5, 5.41) is 18.2. The minimum absolute atomic E-state index is 0.0231. The van der Waals surface area contributed by atoms with Crippen LogP contribution in [0.3, 0.4) is 0 Å². The number of aliphatic hydroxyl groups is 1. The summed E-state index contributed by atoms with van der Waals surface area (Å²) in [5.41, 5.74) is 0.940. The number of carbonyl (C=O) groups is 1. The van der Waals surface area contributed by atoms with Gasteiger partial charge < -0.3 is 10.4 Å². The Morgan fingerprint density at radius 2 is 1.47 bits per heavy atom. The maximum absolute atomic E-state index is 12.8. The van der Waals surface area contributed by atoms with E-state index in [-0.39, 0.29) is 24.0 Å². The largest absolute Gasteiger partial charge is 0.400 e. The number of nitrogens with zero attached hydrogens (tertiary/aromatic N) is 1. The van der Waals surface area contributed by atoms with Crippen LogP contribution in [0.25, 0.3) is 0 Å². The summed E-state index contributed by atoms with van der Waals surface area (Å²) in [6.45, 7) is 4.19. The van der Waals surface area contributed by atoms with Gasteiger partial charge in [-0.1, -0.05) is 13.8 Å². The molecule has 178 valence electrons. The zero-order valence-electron chi connectivity index (χ0n) is 18.1. The molecule has 11 heteroatoms. The molecule has 0 saturated carbocycles. The highest BCUT2D eigenvalue weighted by Gasteiger charge is 2.17. The van der Waals surface area contributed by atoms with Crippen molar-refractivity contribution in [2.75, 3.05) is 18.2 Å². The second-order valence-electron chi connectivity index (χ2n) is 5.54. The van der Waals surface area contributed by atoms with Gasteiger partial charge in [0.25, 0.3) is 0 Å². The summed E-state index contributed by atoms with van der Waals surface area (Å²) < 4.78 is 68.0. The number of anilines is 1. The number of halogens is 4. The molecule has 0 unspecified atom stereocenters.